The Bertz CT molecular complexity index is 543. The van der Waals surface area contributed by atoms with Gasteiger partial charge in [-0.3, -0.25) is 4.79 Å². The average Bonchev–Trinajstić information content (AvgIpc) is 2.93. The van der Waals surface area contributed by atoms with Gasteiger partial charge in [-0.25, -0.2) is 0 Å². The standard InChI is InChI=1S/C12H18O2.C6H4/c1-11-3-8-2-9(4-11)6-12(5-8,7-11)10(13)14;1-2-5-4-6(5)3-1/h8-9H,2-7H2,1H3,(H,13,14);1-4H. The van der Waals surface area contributed by atoms with Gasteiger partial charge in [0.05, 0.1) is 5.41 Å². The van der Waals surface area contributed by atoms with E-state index in [-0.39, 0.29) is 5.41 Å². The van der Waals surface area contributed by atoms with Gasteiger partial charge >= 0.3 is 5.97 Å². The fourth-order valence-electron chi connectivity index (χ4n) is 5.65. The van der Waals surface area contributed by atoms with Crippen LogP contribution in [0.25, 0.3) is 11.1 Å². The van der Waals surface area contributed by atoms with Crippen molar-refractivity contribution in [2.75, 3.05) is 0 Å². The summed E-state index contributed by atoms with van der Waals surface area (Å²) >= 11 is 0. The summed E-state index contributed by atoms with van der Waals surface area (Å²) in [5.74, 6) is 0.924. The molecule has 2 heteroatoms. The Labute approximate surface area is 120 Å². The first-order valence-electron chi connectivity index (χ1n) is 7.82. The maximum atomic E-state index is 11.4. The predicted molar refractivity (Wildman–Crippen MR) is 78.3 cm³/mol. The molecule has 1 N–H and O–H groups in total. The Balaban J connectivity index is 0.000000146. The van der Waals surface area contributed by atoms with Gasteiger partial charge in [0.15, 0.2) is 0 Å². The van der Waals surface area contributed by atoms with Crippen LogP contribution in [0.3, 0.4) is 0 Å². The molecule has 6 aliphatic carbocycles. The molecule has 0 radical (unpaired) electrons. The molecule has 6 rings (SSSR count). The van der Waals surface area contributed by atoms with Gasteiger partial charge in [0.2, 0.25) is 0 Å². The van der Waals surface area contributed by atoms with Crippen LogP contribution in [-0.2, 0) is 4.79 Å². The fraction of sp³-hybridized carbons (Fsp3) is 0.611. The van der Waals surface area contributed by atoms with Gasteiger partial charge in [-0.05, 0) is 73.0 Å². The van der Waals surface area contributed by atoms with Crippen LogP contribution in [-0.4, -0.2) is 11.1 Å². The molecule has 4 fully saturated rings. The van der Waals surface area contributed by atoms with E-state index in [9.17, 15) is 9.90 Å². The molecule has 6 aliphatic rings. The summed E-state index contributed by atoms with van der Waals surface area (Å²) in [7, 11) is 0. The minimum absolute atomic E-state index is 0.321. The molecule has 20 heavy (non-hydrogen) atoms. The van der Waals surface area contributed by atoms with Crippen LogP contribution < -0.4 is 0 Å². The maximum Gasteiger partial charge on any atom is 0.309 e. The predicted octanol–water partition coefficient (Wildman–Crippen LogP) is 4.34. The highest BCUT2D eigenvalue weighted by atomic mass is 16.4. The lowest BCUT2D eigenvalue weighted by Gasteiger charge is -2.59. The number of benzene rings is 1. The average molecular weight is 270 g/mol. The Morgan fingerprint density at radius 2 is 1.75 bits per heavy atom. The zero-order valence-electron chi connectivity index (χ0n) is 12.1. The van der Waals surface area contributed by atoms with E-state index in [0.29, 0.717) is 5.41 Å². The molecular weight excluding hydrogens is 248 g/mol. The molecule has 0 aromatic heterocycles. The molecule has 4 saturated carbocycles. The molecular formula is C18H22O2. The van der Waals surface area contributed by atoms with E-state index in [1.54, 1.807) is 0 Å². The number of fused-ring (bicyclic) bond motifs is 1. The zero-order valence-corrected chi connectivity index (χ0v) is 12.1. The van der Waals surface area contributed by atoms with Crippen LogP contribution in [0.15, 0.2) is 24.3 Å². The van der Waals surface area contributed by atoms with Crippen molar-refractivity contribution in [1.82, 2.24) is 0 Å². The lowest BCUT2D eigenvalue weighted by molar-refractivity contribution is -0.172. The monoisotopic (exact) mass is 270 g/mol. The summed E-state index contributed by atoms with van der Waals surface area (Å²) < 4.78 is 0. The first-order chi connectivity index (χ1) is 9.48. The largest absolute Gasteiger partial charge is 0.481 e. The van der Waals surface area contributed by atoms with Crippen LogP contribution in [0.2, 0.25) is 0 Å². The number of carboxylic acids is 1. The number of carbonyl (C=O) groups is 1. The second kappa shape index (κ2) is 3.87. The van der Waals surface area contributed by atoms with Crippen molar-refractivity contribution in [3.8, 4) is 11.1 Å². The zero-order chi connectivity index (χ0) is 14.0. The molecule has 0 saturated heterocycles. The highest BCUT2D eigenvalue weighted by Crippen LogP contribution is 2.65. The Kier molecular flexibility index (Phi) is 2.40. The van der Waals surface area contributed by atoms with Gasteiger partial charge in [0.25, 0.3) is 0 Å². The van der Waals surface area contributed by atoms with Crippen molar-refractivity contribution in [3.05, 3.63) is 24.3 Å². The van der Waals surface area contributed by atoms with Crippen LogP contribution in [0.1, 0.15) is 45.4 Å². The second-order valence-electron chi connectivity index (χ2n) is 7.94. The van der Waals surface area contributed by atoms with Gasteiger partial charge in [-0.1, -0.05) is 25.1 Å². The van der Waals surface area contributed by atoms with Crippen LogP contribution in [0.4, 0.5) is 0 Å². The van der Waals surface area contributed by atoms with E-state index in [4.69, 9.17) is 0 Å². The second-order valence-corrected chi connectivity index (χ2v) is 7.94. The normalized spacial score (nSPS) is 41.9. The van der Waals surface area contributed by atoms with E-state index >= 15 is 0 Å². The molecule has 4 bridgehead atoms. The van der Waals surface area contributed by atoms with Crippen molar-refractivity contribution in [3.63, 3.8) is 0 Å². The lowest BCUT2D eigenvalue weighted by atomic mass is 9.45. The summed E-state index contributed by atoms with van der Waals surface area (Å²) in [4.78, 5) is 11.4. The minimum atomic E-state index is -0.516. The third-order valence-corrected chi connectivity index (χ3v) is 5.92. The molecule has 2 atom stereocenters. The SMILES string of the molecule is CC12CC3CC(C1)CC(C(=O)O)(C3)C2.c1cc2cc-2c1. The van der Waals surface area contributed by atoms with E-state index in [0.717, 1.165) is 31.1 Å². The smallest absolute Gasteiger partial charge is 0.309 e. The summed E-state index contributed by atoms with van der Waals surface area (Å²) in [5, 5.41) is 9.39. The highest BCUT2D eigenvalue weighted by Gasteiger charge is 2.59. The van der Waals surface area contributed by atoms with Gasteiger partial charge in [0, 0.05) is 0 Å². The third-order valence-electron chi connectivity index (χ3n) is 5.92. The molecule has 0 heterocycles. The first-order valence-corrected chi connectivity index (χ1v) is 7.82. The van der Waals surface area contributed by atoms with Crippen molar-refractivity contribution < 1.29 is 9.90 Å². The summed E-state index contributed by atoms with van der Waals surface area (Å²) in [6.07, 6.45) is 6.77. The summed E-state index contributed by atoms with van der Waals surface area (Å²) in [5.41, 5.74) is 2.89. The molecule has 0 aromatic carbocycles. The summed E-state index contributed by atoms with van der Waals surface area (Å²) in [6, 6.07) is 8.48. The Hall–Kier alpha value is -1.31. The van der Waals surface area contributed by atoms with Crippen molar-refractivity contribution in [2.24, 2.45) is 22.7 Å². The third kappa shape index (κ3) is 1.88. The van der Waals surface area contributed by atoms with Gasteiger partial charge in [-0.15, -0.1) is 0 Å². The summed E-state index contributed by atoms with van der Waals surface area (Å²) in [6.45, 7) is 2.31. The number of rotatable bonds is 1. The Morgan fingerprint density at radius 3 is 2.10 bits per heavy atom. The Morgan fingerprint density at radius 1 is 1.15 bits per heavy atom. The number of aliphatic carboxylic acids is 1. The minimum Gasteiger partial charge on any atom is -0.481 e. The molecule has 0 spiro atoms. The van der Waals surface area contributed by atoms with Crippen LogP contribution in [0.5, 0.6) is 0 Å². The molecule has 2 unspecified atom stereocenters. The molecule has 0 aliphatic heterocycles. The van der Waals surface area contributed by atoms with Crippen molar-refractivity contribution in [1.29, 1.82) is 0 Å². The van der Waals surface area contributed by atoms with E-state index < -0.39 is 5.97 Å². The van der Waals surface area contributed by atoms with Crippen LogP contribution >= 0.6 is 0 Å². The number of carboxylic acid groups (broad SMARTS) is 1. The fourth-order valence-corrected chi connectivity index (χ4v) is 5.65. The van der Waals surface area contributed by atoms with Gasteiger partial charge in [0.1, 0.15) is 0 Å². The topological polar surface area (TPSA) is 37.3 Å². The van der Waals surface area contributed by atoms with Gasteiger partial charge in [-0.2, -0.15) is 0 Å². The first kappa shape index (κ1) is 12.4. The van der Waals surface area contributed by atoms with Crippen molar-refractivity contribution in [2.45, 2.75) is 45.4 Å². The lowest BCUT2D eigenvalue weighted by Crippen LogP contribution is -2.53. The molecule has 0 aromatic rings. The van der Waals surface area contributed by atoms with Gasteiger partial charge < -0.3 is 5.11 Å². The van der Waals surface area contributed by atoms with E-state index in [1.165, 1.54) is 30.4 Å². The molecule has 106 valence electrons. The van der Waals surface area contributed by atoms with E-state index in [1.807, 2.05) is 0 Å². The quantitative estimate of drug-likeness (QED) is 0.836. The molecule has 2 nitrogen and oxygen atoms in total. The number of hydrogen-bond acceptors (Lipinski definition) is 1. The number of hydrogen-bond donors (Lipinski definition) is 1. The maximum absolute atomic E-state index is 11.4. The highest BCUT2D eigenvalue weighted by molar-refractivity contribution is 5.80. The van der Waals surface area contributed by atoms with Crippen molar-refractivity contribution >= 4 is 5.97 Å². The van der Waals surface area contributed by atoms with E-state index in [2.05, 4.69) is 31.2 Å². The van der Waals surface area contributed by atoms with Crippen LogP contribution in [0, 0.1) is 22.7 Å². The molecule has 0 amide bonds.